The van der Waals surface area contributed by atoms with Crippen molar-refractivity contribution in [1.29, 1.82) is 0 Å². The molecule has 1 N–H and O–H groups in total. The average Bonchev–Trinajstić information content (AvgIpc) is 3.90. The monoisotopic (exact) mass is 768 g/mol. The number of epoxide rings is 1. The molecule has 2 aliphatic heterocycles. The molecule has 12 nitrogen and oxygen atoms in total. The van der Waals surface area contributed by atoms with Crippen LogP contribution in [0, 0.1) is 46.3 Å². The first-order chi connectivity index (χ1) is 25.3. The third-order valence-electron chi connectivity index (χ3n) is 14.9. The summed E-state index contributed by atoms with van der Waals surface area (Å²) in [5.41, 5.74) is -6.03. The number of ether oxygens (including phenoxy) is 5. The molecule has 0 aromatic heterocycles. The number of hydrogen-bond acceptors (Lipinski definition) is 12. The predicted molar refractivity (Wildman–Crippen MR) is 193 cm³/mol. The second-order valence-corrected chi connectivity index (χ2v) is 18.4. The van der Waals surface area contributed by atoms with Crippen LogP contribution in [0.15, 0.2) is 53.5 Å². The smallest absolute Gasteiger partial charge is 0.342 e. The van der Waals surface area contributed by atoms with Crippen molar-refractivity contribution in [1.82, 2.24) is 0 Å². The minimum atomic E-state index is -1.81. The Bertz CT molecular complexity index is 1840. The van der Waals surface area contributed by atoms with Gasteiger partial charge in [0.05, 0.1) is 29.1 Å². The van der Waals surface area contributed by atoms with E-state index in [0.29, 0.717) is 36.2 Å². The number of cyclic esters (lactones) is 1. The van der Waals surface area contributed by atoms with Gasteiger partial charge < -0.3 is 28.8 Å². The molecule has 1 aromatic rings. The minimum Gasteiger partial charge on any atom is -0.467 e. The van der Waals surface area contributed by atoms with Crippen LogP contribution in [0.5, 0.6) is 0 Å². The zero-order valence-corrected chi connectivity index (χ0v) is 33.1. The molecule has 54 heavy (non-hydrogen) atoms. The number of methoxy groups -OCH3 is 1. The Labute approximate surface area is 318 Å². The molecular weight excluding hydrogens is 717 g/mol. The van der Waals surface area contributed by atoms with Gasteiger partial charge in [0.25, 0.3) is 0 Å². The Morgan fingerprint density at radius 2 is 1.63 bits per heavy atom. The molecule has 4 aliphatic carbocycles. The standard InChI is InChI=1S/C41H52O12S/c1-22-10-12-27(13-11-22)54(47)53-24(3)39-19-17-28-36(6,29(39)14-15-31(44)49-21-39)18-16-30-37(28,7)33(50-25(4)42)34(51-26(5)43)38(8)40(30,46)20-23(2)32-41(38,52-32)35(45)48-9/h10-15,24,28-30,32-34,46H,2,16-21H2,1,3-9H3/t24?,28?,29-,30?,32+,33+,34-,36+,37+,38+,39-,40+,41-,54?/m0/s1. The van der Waals surface area contributed by atoms with Gasteiger partial charge in [-0.2, -0.15) is 0 Å². The van der Waals surface area contributed by atoms with Gasteiger partial charge in [-0.15, -0.1) is 0 Å². The average molecular weight is 769 g/mol. The van der Waals surface area contributed by atoms with Gasteiger partial charge in [-0.1, -0.05) is 44.2 Å². The summed E-state index contributed by atoms with van der Waals surface area (Å²) < 4.78 is 49.8. The Hall–Kier alpha value is -3.39. The van der Waals surface area contributed by atoms with Gasteiger partial charge in [-0.25, -0.2) is 13.8 Å². The quantitative estimate of drug-likeness (QED) is 0.174. The van der Waals surface area contributed by atoms with E-state index in [1.54, 1.807) is 19.1 Å². The highest BCUT2D eigenvalue weighted by atomic mass is 32.2. The van der Waals surface area contributed by atoms with E-state index in [2.05, 4.69) is 13.5 Å². The van der Waals surface area contributed by atoms with Crippen molar-refractivity contribution in [2.45, 2.75) is 121 Å². The number of allylic oxidation sites excluding steroid dienone is 1. The Kier molecular flexibility index (Phi) is 9.23. The minimum absolute atomic E-state index is 0.0316. The normalized spacial score (nSPS) is 44.3. The SMILES string of the molecule is C=C1C[C@@]2(O)C3CC[C@]4(C)C(CC[C@@]5(C(C)OS(=O)c6ccc(C)cc6)COC(=O)C=C[C@H]54)[C@@]3(C)[C@H](OC(C)=O)[C@H](OC(C)=O)[C@@]2(C)[C@]2(C(=O)OC)O[C@H]12. The Morgan fingerprint density at radius 3 is 2.26 bits per heavy atom. The van der Waals surface area contributed by atoms with E-state index in [-0.39, 0.29) is 24.9 Å². The lowest BCUT2D eigenvalue weighted by molar-refractivity contribution is -0.336. The second kappa shape index (κ2) is 12.8. The van der Waals surface area contributed by atoms with E-state index in [1.807, 2.05) is 39.0 Å². The first-order valence-corrected chi connectivity index (χ1v) is 19.9. The molecular formula is C41H52O12S. The molecule has 4 saturated carbocycles. The fourth-order valence-corrected chi connectivity index (χ4v) is 13.4. The number of rotatable bonds is 7. The van der Waals surface area contributed by atoms with Crippen molar-refractivity contribution in [3.05, 3.63) is 54.1 Å². The number of carbonyl (C=O) groups excluding carboxylic acids is 4. The molecule has 0 spiro atoms. The summed E-state index contributed by atoms with van der Waals surface area (Å²) in [6.07, 6.45) is 1.47. The van der Waals surface area contributed by atoms with E-state index in [1.165, 1.54) is 27.0 Å². The van der Waals surface area contributed by atoms with Crippen molar-refractivity contribution < 1.29 is 56.4 Å². The summed E-state index contributed by atoms with van der Waals surface area (Å²) in [6.45, 7) is 16.5. The van der Waals surface area contributed by atoms with Crippen LogP contribution in [-0.4, -0.2) is 82.5 Å². The fourth-order valence-electron chi connectivity index (χ4n) is 12.5. The number of aryl methyl sites for hydroxylation is 1. The summed E-state index contributed by atoms with van der Waals surface area (Å²) in [5.74, 6) is -3.77. The van der Waals surface area contributed by atoms with Crippen LogP contribution in [0.3, 0.4) is 0 Å². The lowest BCUT2D eigenvalue weighted by atomic mass is 9.32. The van der Waals surface area contributed by atoms with E-state index in [9.17, 15) is 28.5 Å². The van der Waals surface area contributed by atoms with Crippen LogP contribution in [0.25, 0.3) is 0 Å². The molecule has 294 valence electrons. The third kappa shape index (κ3) is 5.06. The molecule has 1 aromatic carbocycles. The first kappa shape index (κ1) is 38.9. The van der Waals surface area contributed by atoms with Gasteiger partial charge in [-0.3, -0.25) is 13.8 Å². The predicted octanol–water partition coefficient (Wildman–Crippen LogP) is 4.86. The van der Waals surface area contributed by atoms with E-state index >= 15 is 0 Å². The number of benzene rings is 1. The molecule has 1 saturated heterocycles. The summed E-state index contributed by atoms with van der Waals surface area (Å²) in [7, 11) is 1.24. The number of aliphatic hydroxyl groups is 1. The van der Waals surface area contributed by atoms with Gasteiger partial charge in [0.1, 0.15) is 18.8 Å². The van der Waals surface area contributed by atoms with Crippen LogP contribution in [0.4, 0.5) is 0 Å². The van der Waals surface area contributed by atoms with Crippen molar-refractivity contribution in [3.8, 4) is 0 Å². The summed E-state index contributed by atoms with van der Waals surface area (Å²) in [4.78, 5) is 53.5. The van der Waals surface area contributed by atoms with E-state index < -0.39 is 98.2 Å². The summed E-state index contributed by atoms with van der Waals surface area (Å²) in [6, 6.07) is 7.30. The lowest BCUT2D eigenvalue weighted by Crippen LogP contribution is -2.82. The van der Waals surface area contributed by atoms with Crippen LogP contribution < -0.4 is 0 Å². The molecule has 2 heterocycles. The van der Waals surface area contributed by atoms with Crippen LogP contribution in [0.2, 0.25) is 0 Å². The maximum Gasteiger partial charge on any atom is 0.342 e. The van der Waals surface area contributed by atoms with Crippen molar-refractivity contribution in [3.63, 3.8) is 0 Å². The van der Waals surface area contributed by atoms with Crippen molar-refractivity contribution in [2.24, 2.45) is 39.4 Å². The molecule has 5 fully saturated rings. The molecule has 14 atom stereocenters. The molecule has 6 aliphatic rings. The number of hydrogen-bond donors (Lipinski definition) is 1. The van der Waals surface area contributed by atoms with Crippen LogP contribution in [0.1, 0.15) is 79.2 Å². The van der Waals surface area contributed by atoms with Crippen molar-refractivity contribution in [2.75, 3.05) is 13.7 Å². The Balaban J connectivity index is 1.37. The third-order valence-corrected chi connectivity index (χ3v) is 16.0. The molecule has 4 unspecified atom stereocenters. The highest BCUT2D eigenvalue weighted by Gasteiger charge is 2.90. The number of fused-ring (bicyclic) bond motifs is 9. The van der Waals surface area contributed by atoms with Crippen LogP contribution in [-0.2, 0) is 58.1 Å². The van der Waals surface area contributed by atoms with Gasteiger partial charge in [0.2, 0.25) is 5.60 Å². The fraction of sp³-hybridized carbons (Fsp3) is 0.659. The molecule has 0 bridgehead atoms. The number of esters is 4. The highest BCUT2D eigenvalue weighted by molar-refractivity contribution is 7.80. The molecule has 0 radical (unpaired) electrons. The molecule has 7 rings (SSSR count). The maximum absolute atomic E-state index is 13.8. The summed E-state index contributed by atoms with van der Waals surface area (Å²) in [5, 5.41) is 13.5. The van der Waals surface area contributed by atoms with Gasteiger partial charge in [0, 0.05) is 37.2 Å². The number of carbonyl (C=O) groups is 4. The van der Waals surface area contributed by atoms with Gasteiger partial charge >= 0.3 is 23.9 Å². The zero-order chi connectivity index (χ0) is 39.4. The van der Waals surface area contributed by atoms with Gasteiger partial charge in [-0.05, 0) is 87.3 Å². The molecule has 0 amide bonds. The lowest BCUT2D eigenvalue weighted by Gasteiger charge is -2.73. The topological polar surface area (TPSA) is 164 Å². The largest absolute Gasteiger partial charge is 0.467 e. The van der Waals surface area contributed by atoms with E-state index in [0.717, 1.165) is 5.56 Å². The van der Waals surface area contributed by atoms with Crippen molar-refractivity contribution >= 4 is 35.0 Å². The zero-order valence-electron chi connectivity index (χ0n) is 32.3. The highest BCUT2D eigenvalue weighted by Crippen LogP contribution is 2.78. The first-order valence-electron chi connectivity index (χ1n) is 18.8. The Morgan fingerprint density at radius 1 is 1.00 bits per heavy atom. The van der Waals surface area contributed by atoms with E-state index in [4.69, 9.17) is 27.9 Å². The molecule has 13 heteroatoms. The summed E-state index contributed by atoms with van der Waals surface area (Å²) >= 11 is -1.81. The maximum atomic E-state index is 13.8. The van der Waals surface area contributed by atoms with Gasteiger partial charge in [0.15, 0.2) is 17.2 Å². The second-order valence-electron chi connectivity index (χ2n) is 17.3. The van der Waals surface area contributed by atoms with Crippen LogP contribution >= 0.6 is 0 Å².